The molecule has 0 aromatic rings. The summed E-state index contributed by atoms with van der Waals surface area (Å²) < 4.78 is 0. The molecular formula is C9H19N3O2. The van der Waals surface area contributed by atoms with Gasteiger partial charge in [-0.15, -0.1) is 0 Å². The van der Waals surface area contributed by atoms with Crippen molar-refractivity contribution in [2.24, 2.45) is 0 Å². The molecule has 0 bridgehead atoms. The van der Waals surface area contributed by atoms with E-state index in [9.17, 15) is 9.59 Å². The van der Waals surface area contributed by atoms with Crippen molar-refractivity contribution in [1.82, 2.24) is 15.5 Å². The van der Waals surface area contributed by atoms with Crippen LogP contribution in [-0.4, -0.2) is 50.9 Å². The van der Waals surface area contributed by atoms with Gasteiger partial charge in [-0.05, 0) is 33.0 Å². The maximum absolute atomic E-state index is 9.93. The zero-order valence-corrected chi connectivity index (χ0v) is 8.66. The van der Waals surface area contributed by atoms with Crippen LogP contribution in [-0.2, 0) is 9.59 Å². The highest BCUT2D eigenvalue weighted by molar-refractivity contribution is 5.45. The van der Waals surface area contributed by atoms with Gasteiger partial charge in [0.05, 0.1) is 0 Å². The van der Waals surface area contributed by atoms with Crippen molar-refractivity contribution in [3.8, 4) is 0 Å². The van der Waals surface area contributed by atoms with E-state index in [1.807, 2.05) is 7.05 Å². The van der Waals surface area contributed by atoms with Crippen molar-refractivity contribution in [1.29, 1.82) is 0 Å². The van der Waals surface area contributed by atoms with E-state index in [4.69, 9.17) is 0 Å². The number of carbonyl (C=O) groups is 2. The van der Waals surface area contributed by atoms with Gasteiger partial charge in [-0.1, -0.05) is 0 Å². The minimum absolute atomic E-state index is 0.716. The van der Waals surface area contributed by atoms with Crippen molar-refractivity contribution < 1.29 is 9.59 Å². The smallest absolute Gasteiger partial charge is 0.207 e. The van der Waals surface area contributed by atoms with E-state index in [0.29, 0.717) is 12.8 Å². The first-order valence-electron chi connectivity index (χ1n) is 4.84. The number of rotatable bonds is 10. The molecule has 0 fully saturated rings. The molecule has 82 valence electrons. The lowest BCUT2D eigenvalue weighted by molar-refractivity contribution is -0.110. The predicted molar refractivity (Wildman–Crippen MR) is 54.9 cm³/mol. The molecule has 0 aromatic carbocycles. The summed E-state index contributed by atoms with van der Waals surface area (Å²) in [6.45, 7) is 3.37. The lowest BCUT2D eigenvalue weighted by Gasteiger charge is -2.15. The summed E-state index contributed by atoms with van der Waals surface area (Å²) in [6.07, 6.45) is 3.34. The van der Waals surface area contributed by atoms with Gasteiger partial charge in [0.2, 0.25) is 12.8 Å². The van der Waals surface area contributed by atoms with Crippen LogP contribution in [0.25, 0.3) is 0 Å². The Labute approximate surface area is 84.8 Å². The number of hydrogen-bond donors (Lipinski definition) is 2. The lowest BCUT2D eigenvalue weighted by atomic mass is 10.3. The van der Waals surface area contributed by atoms with Gasteiger partial charge in [0.1, 0.15) is 0 Å². The molecular weight excluding hydrogens is 182 g/mol. The average Bonchev–Trinajstić information content (AvgIpc) is 2.19. The number of hydrogen-bond acceptors (Lipinski definition) is 3. The second kappa shape index (κ2) is 9.98. The van der Waals surface area contributed by atoms with Crippen LogP contribution in [0.2, 0.25) is 0 Å². The fraction of sp³-hybridized carbons (Fsp3) is 0.778. The van der Waals surface area contributed by atoms with Crippen molar-refractivity contribution in [3.63, 3.8) is 0 Å². The fourth-order valence-electron chi connectivity index (χ4n) is 1.13. The van der Waals surface area contributed by atoms with Crippen LogP contribution in [0.15, 0.2) is 0 Å². The molecule has 0 atom stereocenters. The SMILES string of the molecule is CN(CCCNC=O)CCCNC=O. The topological polar surface area (TPSA) is 61.4 Å². The van der Waals surface area contributed by atoms with E-state index < -0.39 is 0 Å². The first-order valence-corrected chi connectivity index (χ1v) is 4.84. The molecule has 0 spiro atoms. The summed E-state index contributed by atoms with van der Waals surface area (Å²) >= 11 is 0. The minimum atomic E-state index is 0.716. The average molecular weight is 201 g/mol. The van der Waals surface area contributed by atoms with Gasteiger partial charge in [-0.2, -0.15) is 0 Å². The van der Waals surface area contributed by atoms with Crippen LogP contribution in [0.1, 0.15) is 12.8 Å². The zero-order valence-electron chi connectivity index (χ0n) is 8.66. The molecule has 0 aliphatic heterocycles. The van der Waals surface area contributed by atoms with E-state index >= 15 is 0 Å². The Balaban J connectivity index is 3.14. The summed E-state index contributed by atoms with van der Waals surface area (Å²) in [6, 6.07) is 0. The molecule has 5 heteroatoms. The summed E-state index contributed by atoms with van der Waals surface area (Å²) in [5, 5.41) is 5.23. The minimum Gasteiger partial charge on any atom is -0.359 e. The Hall–Kier alpha value is -1.10. The third-order valence-electron chi connectivity index (χ3n) is 1.89. The van der Waals surface area contributed by atoms with Crippen molar-refractivity contribution in [3.05, 3.63) is 0 Å². The normalized spacial score (nSPS) is 9.86. The molecule has 0 unspecified atom stereocenters. The summed E-state index contributed by atoms with van der Waals surface area (Å²) in [4.78, 5) is 22.0. The predicted octanol–water partition coefficient (Wildman–Crippen LogP) is -0.810. The number of nitrogens with zero attached hydrogens (tertiary/aromatic N) is 1. The first-order chi connectivity index (χ1) is 6.81. The molecule has 0 saturated heterocycles. The summed E-state index contributed by atoms with van der Waals surface area (Å²) in [7, 11) is 2.03. The van der Waals surface area contributed by atoms with Gasteiger partial charge in [-0.25, -0.2) is 0 Å². The van der Waals surface area contributed by atoms with Gasteiger partial charge < -0.3 is 15.5 Å². The quantitative estimate of drug-likeness (QED) is 0.359. The standard InChI is InChI=1S/C9H19N3O2/c1-12(6-2-4-10-8-13)7-3-5-11-9-14/h8-9H,2-7H2,1H3,(H,10,13)(H,11,14). The monoisotopic (exact) mass is 201 g/mol. The van der Waals surface area contributed by atoms with Gasteiger partial charge in [0.15, 0.2) is 0 Å². The molecule has 0 aliphatic carbocycles. The molecule has 0 saturated carbocycles. The summed E-state index contributed by atoms with van der Waals surface area (Å²) in [5.74, 6) is 0. The molecule has 0 aromatic heterocycles. The van der Waals surface area contributed by atoms with E-state index in [2.05, 4.69) is 15.5 Å². The second-order valence-electron chi connectivity index (χ2n) is 3.15. The Morgan fingerprint density at radius 2 is 1.43 bits per heavy atom. The van der Waals surface area contributed by atoms with Crippen molar-refractivity contribution in [2.45, 2.75) is 12.8 Å². The highest BCUT2D eigenvalue weighted by atomic mass is 16.1. The summed E-state index contributed by atoms with van der Waals surface area (Å²) in [5.41, 5.74) is 0. The Morgan fingerprint density at radius 3 is 1.79 bits per heavy atom. The Morgan fingerprint density at radius 1 is 1.00 bits per heavy atom. The molecule has 0 rings (SSSR count). The molecule has 2 amide bonds. The van der Waals surface area contributed by atoms with E-state index in [0.717, 1.165) is 39.0 Å². The highest BCUT2D eigenvalue weighted by Crippen LogP contribution is 1.88. The molecule has 0 radical (unpaired) electrons. The lowest BCUT2D eigenvalue weighted by Crippen LogP contribution is -2.26. The van der Waals surface area contributed by atoms with Crippen LogP contribution in [0, 0.1) is 0 Å². The van der Waals surface area contributed by atoms with E-state index in [1.165, 1.54) is 0 Å². The molecule has 14 heavy (non-hydrogen) atoms. The first kappa shape index (κ1) is 12.9. The number of nitrogens with one attached hydrogen (secondary N) is 2. The van der Waals surface area contributed by atoms with Crippen LogP contribution in [0.3, 0.4) is 0 Å². The third kappa shape index (κ3) is 8.99. The fourth-order valence-corrected chi connectivity index (χ4v) is 1.13. The van der Waals surface area contributed by atoms with Crippen LogP contribution in [0.5, 0.6) is 0 Å². The maximum atomic E-state index is 9.93. The Bertz CT molecular complexity index is 137. The van der Waals surface area contributed by atoms with Crippen LogP contribution >= 0.6 is 0 Å². The Kier molecular flexibility index (Phi) is 9.20. The van der Waals surface area contributed by atoms with Crippen molar-refractivity contribution >= 4 is 12.8 Å². The largest absolute Gasteiger partial charge is 0.359 e. The van der Waals surface area contributed by atoms with Gasteiger partial charge >= 0.3 is 0 Å². The van der Waals surface area contributed by atoms with Gasteiger partial charge in [0.25, 0.3) is 0 Å². The van der Waals surface area contributed by atoms with E-state index in [1.54, 1.807) is 0 Å². The zero-order chi connectivity index (χ0) is 10.6. The third-order valence-corrected chi connectivity index (χ3v) is 1.89. The molecule has 2 N–H and O–H groups in total. The number of amides is 2. The molecule has 0 heterocycles. The van der Waals surface area contributed by atoms with Gasteiger partial charge in [-0.3, -0.25) is 9.59 Å². The highest BCUT2D eigenvalue weighted by Gasteiger charge is 1.96. The van der Waals surface area contributed by atoms with Crippen LogP contribution in [0.4, 0.5) is 0 Å². The van der Waals surface area contributed by atoms with Gasteiger partial charge in [0, 0.05) is 13.1 Å². The molecule has 5 nitrogen and oxygen atoms in total. The van der Waals surface area contributed by atoms with E-state index in [-0.39, 0.29) is 0 Å². The molecule has 0 aliphatic rings. The van der Waals surface area contributed by atoms with Crippen LogP contribution < -0.4 is 10.6 Å². The van der Waals surface area contributed by atoms with Crippen molar-refractivity contribution in [2.75, 3.05) is 33.2 Å². The second-order valence-corrected chi connectivity index (χ2v) is 3.15. The number of carbonyl (C=O) groups excluding carboxylic acids is 2. The maximum Gasteiger partial charge on any atom is 0.207 e.